The lowest BCUT2D eigenvalue weighted by Crippen LogP contribution is -2.14. The van der Waals surface area contributed by atoms with Gasteiger partial charge in [-0.1, -0.05) is 6.07 Å². The summed E-state index contributed by atoms with van der Waals surface area (Å²) in [4.78, 5) is 20.7. The SMILES string of the molecule is Cc1ccc(OCc2nc(CC(=O)Nc3cccc(C#N)c3)cs2)cn1. The van der Waals surface area contributed by atoms with Crippen LogP contribution in [0.1, 0.15) is 22.0 Å². The van der Waals surface area contributed by atoms with E-state index in [0.29, 0.717) is 29.3 Å². The number of hydrogen-bond donors (Lipinski definition) is 1. The number of ether oxygens (including phenoxy) is 1. The molecule has 1 amide bonds. The van der Waals surface area contributed by atoms with Crippen LogP contribution in [0.15, 0.2) is 48.0 Å². The van der Waals surface area contributed by atoms with E-state index in [4.69, 9.17) is 10.00 Å². The average molecular weight is 364 g/mol. The fourth-order valence-corrected chi connectivity index (χ4v) is 2.92. The van der Waals surface area contributed by atoms with Crippen LogP contribution < -0.4 is 10.1 Å². The number of thiazole rings is 1. The number of amides is 1. The van der Waals surface area contributed by atoms with E-state index in [0.717, 1.165) is 10.7 Å². The standard InChI is InChI=1S/C19H16N4O2S/c1-13-5-6-17(10-21-13)25-11-19-23-16(12-26-19)8-18(24)22-15-4-2-3-14(7-15)9-20/h2-7,10,12H,8,11H2,1H3,(H,22,24). The van der Waals surface area contributed by atoms with Crippen molar-refractivity contribution < 1.29 is 9.53 Å². The molecule has 2 aromatic heterocycles. The third-order valence-electron chi connectivity index (χ3n) is 3.46. The highest BCUT2D eigenvalue weighted by molar-refractivity contribution is 7.09. The van der Waals surface area contributed by atoms with Gasteiger partial charge in [0.25, 0.3) is 0 Å². The molecule has 130 valence electrons. The first-order valence-electron chi connectivity index (χ1n) is 7.91. The Kier molecular flexibility index (Phi) is 5.56. The molecular weight excluding hydrogens is 348 g/mol. The van der Waals surface area contributed by atoms with E-state index in [2.05, 4.69) is 15.3 Å². The second-order valence-electron chi connectivity index (χ2n) is 5.57. The lowest BCUT2D eigenvalue weighted by molar-refractivity contribution is -0.115. The summed E-state index contributed by atoms with van der Waals surface area (Å²) in [5.74, 6) is 0.503. The van der Waals surface area contributed by atoms with E-state index in [1.165, 1.54) is 11.3 Å². The molecule has 6 nitrogen and oxygen atoms in total. The van der Waals surface area contributed by atoms with Gasteiger partial charge in [-0.2, -0.15) is 5.26 Å². The second kappa shape index (κ2) is 8.23. The number of hydrogen-bond acceptors (Lipinski definition) is 6. The number of carbonyl (C=O) groups is 1. The van der Waals surface area contributed by atoms with Gasteiger partial charge in [0.1, 0.15) is 17.4 Å². The van der Waals surface area contributed by atoms with Crippen molar-refractivity contribution in [2.45, 2.75) is 20.0 Å². The van der Waals surface area contributed by atoms with Crippen LogP contribution in [0.3, 0.4) is 0 Å². The molecule has 0 spiro atoms. The molecule has 0 radical (unpaired) electrons. The minimum absolute atomic E-state index is 0.166. The number of nitrogens with one attached hydrogen (secondary N) is 1. The van der Waals surface area contributed by atoms with Crippen molar-refractivity contribution in [2.75, 3.05) is 5.32 Å². The van der Waals surface area contributed by atoms with Crippen LogP contribution in [-0.4, -0.2) is 15.9 Å². The fourth-order valence-electron chi connectivity index (χ4n) is 2.22. The van der Waals surface area contributed by atoms with E-state index in [9.17, 15) is 4.79 Å². The van der Waals surface area contributed by atoms with Crippen molar-refractivity contribution in [3.05, 3.63) is 69.9 Å². The highest BCUT2D eigenvalue weighted by Crippen LogP contribution is 2.16. The molecule has 0 aliphatic rings. The Hall–Kier alpha value is -3.24. The van der Waals surface area contributed by atoms with Crippen molar-refractivity contribution in [3.8, 4) is 11.8 Å². The third-order valence-corrected chi connectivity index (χ3v) is 4.33. The van der Waals surface area contributed by atoms with Gasteiger partial charge >= 0.3 is 0 Å². The molecule has 3 rings (SSSR count). The zero-order valence-electron chi connectivity index (χ0n) is 14.1. The van der Waals surface area contributed by atoms with Crippen LogP contribution in [0.2, 0.25) is 0 Å². The first kappa shape index (κ1) is 17.6. The lowest BCUT2D eigenvalue weighted by Gasteiger charge is -2.04. The highest BCUT2D eigenvalue weighted by atomic mass is 32.1. The largest absolute Gasteiger partial charge is 0.485 e. The first-order chi connectivity index (χ1) is 12.6. The van der Waals surface area contributed by atoms with Crippen molar-refractivity contribution in [3.63, 3.8) is 0 Å². The number of anilines is 1. The van der Waals surface area contributed by atoms with Gasteiger partial charge in [-0.15, -0.1) is 11.3 Å². The number of aromatic nitrogens is 2. The summed E-state index contributed by atoms with van der Waals surface area (Å²) in [7, 11) is 0. The smallest absolute Gasteiger partial charge is 0.230 e. The van der Waals surface area contributed by atoms with Gasteiger partial charge in [0.05, 0.1) is 29.9 Å². The van der Waals surface area contributed by atoms with E-state index >= 15 is 0 Å². The van der Waals surface area contributed by atoms with Crippen LogP contribution in [0, 0.1) is 18.3 Å². The maximum Gasteiger partial charge on any atom is 0.230 e. The number of rotatable bonds is 6. The molecule has 7 heteroatoms. The Bertz CT molecular complexity index is 945. The third kappa shape index (κ3) is 4.88. The summed E-state index contributed by atoms with van der Waals surface area (Å²) < 4.78 is 5.64. The molecule has 0 aliphatic heterocycles. The van der Waals surface area contributed by atoms with Crippen molar-refractivity contribution in [2.24, 2.45) is 0 Å². The fraction of sp³-hybridized carbons (Fsp3) is 0.158. The normalized spacial score (nSPS) is 10.2. The van der Waals surface area contributed by atoms with Gasteiger partial charge in [-0.05, 0) is 37.3 Å². The summed E-state index contributed by atoms with van der Waals surface area (Å²) in [5.41, 5.74) is 2.71. The van der Waals surface area contributed by atoms with Gasteiger partial charge in [-0.3, -0.25) is 9.78 Å². The van der Waals surface area contributed by atoms with Crippen LogP contribution in [0.4, 0.5) is 5.69 Å². The number of nitriles is 1. The molecule has 3 aromatic rings. The Morgan fingerprint density at radius 2 is 2.23 bits per heavy atom. The lowest BCUT2D eigenvalue weighted by atomic mass is 10.2. The van der Waals surface area contributed by atoms with E-state index in [1.807, 2.05) is 30.5 Å². The summed E-state index contributed by atoms with van der Waals surface area (Å²) >= 11 is 1.45. The Balaban J connectivity index is 1.53. The maximum atomic E-state index is 12.1. The molecule has 1 aromatic carbocycles. The molecule has 0 bridgehead atoms. The van der Waals surface area contributed by atoms with Gasteiger partial charge in [-0.25, -0.2) is 4.98 Å². The average Bonchev–Trinajstić information content (AvgIpc) is 3.08. The number of nitrogens with zero attached hydrogens (tertiary/aromatic N) is 3. The number of pyridine rings is 1. The Morgan fingerprint density at radius 3 is 3.00 bits per heavy atom. The molecule has 2 heterocycles. The van der Waals surface area contributed by atoms with Crippen LogP contribution in [0.5, 0.6) is 5.75 Å². The molecule has 0 saturated carbocycles. The van der Waals surface area contributed by atoms with Crippen molar-refractivity contribution >= 4 is 22.9 Å². The predicted molar refractivity (Wildman–Crippen MR) is 98.9 cm³/mol. The first-order valence-corrected chi connectivity index (χ1v) is 8.79. The zero-order valence-corrected chi connectivity index (χ0v) is 14.9. The summed E-state index contributed by atoms with van der Waals surface area (Å²) in [5, 5.41) is 14.3. The molecule has 26 heavy (non-hydrogen) atoms. The van der Waals surface area contributed by atoms with Crippen molar-refractivity contribution in [1.82, 2.24) is 9.97 Å². The molecule has 0 aliphatic carbocycles. The molecule has 0 fully saturated rings. The topological polar surface area (TPSA) is 87.9 Å². The van der Waals surface area contributed by atoms with Crippen molar-refractivity contribution in [1.29, 1.82) is 5.26 Å². The quantitative estimate of drug-likeness (QED) is 0.723. The molecule has 1 N–H and O–H groups in total. The van der Waals surface area contributed by atoms with Gasteiger partial charge in [0, 0.05) is 16.8 Å². The van der Waals surface area contributed by atoms with E-state index in [1.54, 1.807) is 30.5 Å². The Labute approximate surface area is 155 Å². The molecule has 0 atom stereocenters. The highest BCUT2D eigenvalue weighted by Gasteiger charge is 2.09. The van der Waals surface area contributed by atoms with E-state index in [-0.39, 0.29) is 12.3 Å². The zero-order chi connectivity index (χ0) is 18.4. The van der Waals surface area contributed by atoms with E-state index < -0.39 is 0 Å². The van der Waals surface area contributed by atoms with Crippen LogP contribution in [-0.2, 0) is 17.8 Å². The van der Waals surface area contributed by atoms with Crippen LogP contribution >= 0.6 is 11.3 Å². The summed E-state index contributed by atoms with van der Waals surface area (Å²) in [6.45, 7) is 2.25. The minimum Gasteiger partial charge on any atom is -0.485 e. The summed E-state index contributed by atoms with van der Waals surface area (Å²) in [6.07, 6.45) is 1.84. The van der Waals surface area contributed by atoms with Gasteiger partial charge in [0.15, 0.2) is 0 Å². The van der Waals surface area contributed by atoms with Gasteiger partial charge < -0.3 is 10.1 Å². The number of benzene rings is 1. The number of aryl methyl sites for hydroxylation is 1. The maximum absolute atomic E-state index is 12.1. The summed E-state index contributed by atoms with van der Waals surface area (Å²) in [6, 6.07) is 12.6. The predicted octanol–water partition coefficient (Wildman–Crippen LogP) is 3.48. The second-order valence-corrected chi connectivity index (χ2v) is 6.52. The molecule has 0 unspecified atom stereocenters. The number of carbonyl (C=O) groups excluding carboxylic acids is 1. The van der Waals surface area contributed by atoms with Crippen LogP contribution in [0.25, 0.3) is 0 Å². The molecular formula is C19H16N4O2S. The Morgan fingerprint density at radius 1 is 1.35 bits per heavy atom. The van der Waals surface area contributed by atoms with Gasteiger partial charge in [0.2, 0.25) is 5.91 Å². The molecule has 0 saturated heterocycles. The minimum atomic E-state index is -0.180. The monoisotopic (exact) mass is 364 g/mol.